The highest BCUT2D eigenvalue weighted by molar-refractivity contribution is 5.84. The molecule has 0 heterocycles. The molecule has 2 unspecified atom stereocenters. The smallest absolute Gasteiger partial charge is 0.261 e. The SMILES string of the molecule is COc1ccc(OCC(C)NC(=O)C(C)Oc2ccc3ccccc3c2)cc1. The molecule has 0 bridgehead atoms. The molecule has 0 saturated carbocycles. The number of methoxy groups -OCH3 is 1. The van der Waals surface area contributed by atoms with Crippen LogP contribution in [0.2, 0.25) is 0 Å². The minimum Gasteiger partial charge on any atom is -0.497 e. The van der Waals surface area contributed by atoms with Crippen LogP contribution in [-0.2, 0) is 4.79 Å². The van der Waals surface area contributed by atoms with Crippen molar-refractivity contribution in [1.82, 2.24) is 5.32 Å². The van der Waals surface area contributed by atoms with E-state index in [1.54, 1.807) is 14.0 Å². The second-order valence-corrected chi connectivity index (χ2v) is 6.67. The number of amides is 1. The molecular formula is C23H25NO4. The van der Waals surface area contributed by atoms with E-state index in [1.165, 1.54) is 0 Å². The molecule has 1 amide bonds. The Hall–Kier alpha value is -3.21. The second-order valence-electron chi connectivity index (χ2n) is 6.67. The Morgan fingerprint density at radius 3 is 2.25 bits per heavy atom. The first-order chi connectivity index (χ1) is 13.5. The number of fused-ring (bicyclic) bond motifs is 1. The summed E-state index contributed by atoms with van der Waals surface area (Å²) >= 11 is 0. The van der Waals surface area contributed by atoms with Crippen LogP contribution in [0.3, 0.4) is 0 Å². The Bertz CT molecular complexity index is 923. The van der Waals surface area contributed by atoms with Gasteiger partial charge >= 0.3 is 0 Å². The maximum atomic E-state index is 12.4. The minimum absolute atomic E-state index is 0.155. The number of nitrogens with one attached hydrogen (secondary N) is 1. The molecule has 3 aromatic rings. The van der Waals surface area contributed by atoms with Crippen molar-refractivity contribution >= 4 is 16.7 Å². The second kappa shape index (κ2) is 9.13. The quantitative estimate of drug-likeness (QED) is 0.637. The van der Waals surface area contributed by atoms with Gasteiger partial charge in [-0.05, 0) is 61.0 Å². The molecular weight excluding hydrogens is 354 g/mol. The van der Waals surface area contributed by atoms with Crippen molar-refractivity contribution in [2.75, 3.05) is 13.7 Å². The van der Waals surface area contributed by atoms with Gasteiger partial charge in [-0.3, -0.25) is 4.79 Å². The summed E-state index contributed by atoms with van der Waals surface area (Å²) in [5, 5.41) is 5.13. The van der Waals surface area contributed by atoms with E-state index in [0.29, 0.717) is 12.4 Å². The van der Waals surface area contributed by atoms with E-state index in [9.17, 15) is 4.79 Å². The van der Waals surface area contributed by atoms with Gasteiger partial charge in [0.05, 0.1) is 13.2 Å². The first-order valence-electron chi connectivity index (χ1n) is 9.28. The predicted octanol–water partition coefficient (Wildman–Crippen LogP) is 4.20. The van der Waals surface area contributed by atoms with Gasteiger partial charge in [0.15, 0.2) is 6.10 Å². The molecule has 0 fully saturated rings. The van der Waals surface area contributed by atoms with Crippen LogP contribution in [0.5, 0.6) is 17.2 Å². The highest BCUT2D eigenvalue weighted by atomic mass is 16.5. The summed E-state index contributed by atoms with van der Waals surface area (Å²) in [6.45, 7) is 3.99. The van der Waals surface area contributed by atoms with E-state index in [4.69, 9.17) is 14.2 Å². The fourth-order valence-electron chi connectivity index (χ4n) is 2.79. The first-order valence-corrected chi connectivity index (χ1v) is 9.28. The molecule has 0 spiro atoms. The molecule has 28 heavy (non-hydrogen) atoms. The fourth-order valence-corrected chi connectivity index (χ4v) is 2.79. The van der Waals surface area contributed by atoms with E-state index in [0.717, 1.165) is 22.3 Å². The van der Waals surface area contributed by atoms with Gasteiger partial charge in [-0.15, -0.1) is 0 Å². The van der Waals surface area contributed by atoms with Gasteiger partial charge in [0.25, 0.3) is 5.91 Å². The van der Waals surface area contributed by atoms with Crippen LogP contribution < -0.4 is 19.5 Å². The summed E-state index contributed by atoms with van der Waals surface area (Å²) in [5.41, 5.74) is 0. The molecule has 0 aliphatic carbocycles. The predicted molar refractivity (Wildman–Crippen MR) is 110 cm³/mol. The van der Waals surface area contributed by atoms with Crippen LogP contribution in [0.15, 0.2) is 66.7 Å². The monoisotopic (exact) mass is 379 g/mol. The maximum absolute atomic E-state index is 12.4. The van der Waals surface area contributed by atoms with E-state index in [1.807, 2.05) is 73.7 Å². The average Bonchev–Trinajstić information content (AvgIpc) is 2.72. The Labute approximate surface area is 165 Å². The summed E-state index contributed by atoms with van der Waals surface area (Å²) in [7, 11) is 1.62. The standard InChI is InChI=1S/C23H25NO4/c1-16(15-27-21-12-10-20(26-3)11-13-21)24-23(25)17(2)28-22-9-8-18-6-4-5-7-19(18)14-22/h4-14,16-17H,15H2,1-3H3,(H,24,25). The lowest BCUT2D eigenvalue weighted by Crippen LogP contribution is -2.43. The molecule has 3 rings (SSSR count). The van der Waals surface area contributed by atoms with Crippen LogP contribution in [-0.4, -0.2) is 31.8 Å². The van der Waals surface area contributed by atoms with Gasteiger partial charge in [0.1, 0.15) is 23.9 Å². The van der Waals surface area contributed by atoms with Crippen molar-refractivity contribution in [3.63, 3.8) is 0 Å². The topological polar surface area (TPSA) is 56.8 Å². The lowest BCUT2D eigenvalue weighted by atomic mass is 10.1. The number of carbonyl (C=O) groups excluding carboxylic acids is 1. The van der Waals surface area contributed by atoms with Crippen LogP contribution >= 0.6 is 0 Å². The van der Waals surface area contributed by atoms with Gasteiger partial charge < -0.3 is 19.5 Å². The molecule has 0 radical (unpaired) electrons. The van der Waals surface area contributed by atoms with Gasteiger partial charge in [0, 0.05) is 0 Å². The Morgan fingerprint density at radius 1 is 0.893 bits per heavy atom. The van der Waals surface area contributed by atoms with Crippen molar-refractivity contribution < 1.29 is 19.0 Å². The third kappa shape index (κ3) is 5.16. The number of benzene rings is 3. The Balaban J connectivity index is 1.49. The van der Waals surface area contributed by atoms with E-state index < -0.39 is 6.10 Å². The van der Waals surface area contributed by atoms with E-state index in [-0.39, 0.29) is 11.9 Å². The summed E-state index contributed by atoms with van der Waals surface area (Å²) < 4.78 is 16.6. The number of hydrogen-bond acceptors (Lipinski definition) is 4. The number of carbonyl (C=O) groups is 1. The van der Waals surface area contributed by atoms with Crippen molar-refractivity contribution in [3.8, 4) is 17.2 Å². The molecule has 5 heteroatoms. The van der Waals surface area contributed by atoms with E-state index >= 15 is 0 Å². The molecule has 5 nitrogen and oxygen atoms in total. The van der Waals surface area contributed by atoms with Gasteiger partial charge in [0.2, 0.25) is 0 Å². The molecule has 1 N–H and O–H groups in total. The third-order valence-corrected chi connectivity index (χ3v) is 4.35. The van der Waals surface area contributed by atoms with Crippen molar-refractivity contribution in [1.29, 1.82) is 0 Å². The molecule has 3 aromatic carbocycles. The zero-order chi connectivity index (χ0) is 19.9. The van der Waals surface area contributed by atoms with Crippen LogP contribution in [0.1, 0.15) is 13.8 Å². The van der Waals surface area contributed by atoms with Crippen molar-refractivity contribution in [2.24, 2.45) is 0 Å². The number of hydrogen-bond donors (Lipinski definition) is 1. The third-order valence-electron chi connectivity index (χ3n) is 4.35. The van der Waals surface area contributed by atoms with Crippen LogP contribution in [0.25, 0.3) is 10.8 Å². The Kier molecular flexibility index (Phi) is 6.37. The molecule has 0 aliphatic rings. The lowest BCUT2D eigenvalue weighted by molar-refractivity contribution is -0.128. The van der Waals surface area contributed by atoms with Gasteiger partial charge in [-0.1, -0.05) is 30.3 Å². The first kappa shape index (κ1) is 19.5. The van der Waals surface area contributed by atoms with Crippen LogP contribution in [0.4, 0.5) is 0 Å². The minimum atomic E-state index is -0.607. The maximum Gasteiger partial charge on any atom is 0.261 e. The van der Waals surface area contributed by atoms with Crippen LogP contribution in [0, 0.1) is 0 Å². The fraction of sp³-hybridized carbons (Fsp3) is 0.261. The average molecular weight is 379 g/mol. The zero-order valence-corrected chi connectivity index (χ0v) is 16.3. The molecule has 2 atom stereocenters. The molecule has 0 saturated heterocycles. The summed E-state index contributed by atoms with van der Waals surface area (Å²) in [5.74, 6) is 1.98. The zero-order valence-electron chi connectivity index (χ0n) is 16.3. The normalized spacial score (nSPS) is 12.8. The number of ether oxygens (including phenoxy) is 3. The molecule has 0 aromatic heterocycles. The van der Waals surface area contributed by atoms with E-state index in [2.05, 4.69) is 5.32 Å². The Morgan fingerprint density at radius 2 is 1.54 bits per heavy atom. The largest absolute Gasteiger partial charge is 0.497 e. The highest BCUT2D eigenvalue weighted by Crippen LogP contribution is 2.21. The van der Waals surface area contributed by atoms with Gasteiger partial charge in [-0.25, -0.2) is 0 Å². The number of rotatable bonds is 8. The molecule has 0 aliphatic heterocycles. The van der Waals surface area contributed by atoms with Gasteiger partial charge in [-0.2, -0.15) is 0 Å². The van der Waals surface area contributed by atoms with Crippen molar-refractivity contribution in [3.05, 3.63) is 66.7 Å². The summed E-state index contributed by atoms with van der Waals surface area (Å²) in [4.78, 5) is 12.4. The lowest BCUT2D eigenvalue weighted by Gasteiger charge is -2.19. The molecule has 146 valence electrons. The van der Waals surface area contributed by atoms with Crippen molar-refractivity contribution in [2.45, 2.75) is 26.0 Å². The summed E-state index contributed by atoms with van der Waals surface area (Å²) in [6, 6.07) is 21.0. The highest BCUT2D eigenvalue weighted by Gasteiger charge is 2.17. The summed E-state index contributed by atoms with van der Waals surface area (Å²) in [6.07, 6.45) is -0.607.